The van der Waals surface area contributed by atoms with Crippen molar-refractivity contribution >= 4 is 23.3 Å². The summed E-state index contributed by atoms with van der Waals surface area (Å²) in [5.41, 5.74) is 2.91. The fourth-order valence-corrected chi connectivity index (χ4v) is 2.71. The van der Waals surface area contributed by atoms with Crippen LogP contribution in [0.3, 0.4) is 0 Å². The minimum absolute atomic E-state index is 0.0494. The largest absolute Gasteiger partial charge is 0.384 e. The van der Waals surface area contributed by atoms with Crippen molar-refractivity contribution in [2.45, 2.75) is 12.8 Å². The molecule has 2 heterocycles. The Balaban J connectivity index is 2.12. The molecular formula is C13H19ClN4O2. The van der Waals surface area contributed by atoms with E-state index in [1.165, 1.54) is 0 Å². The van der Waals surface area contributed by atoms with E-state index in [0.717, 1.165) is 19.4 Å². The molecule has 1 atom stereocenters. The molecule has 2 rings (SSSR count). The molecule has 0 radical (unpaired) electrons. The number of amides is 1. The molecule has 1 aromatic heterocycles. The molecule has 0 aromatic carbocycles. The number of hydrogen-bond donors (Lipinski definition) is 2. The molecule has 110 valence electrons. The lowest BCUT2D eigenvalue weighted by atomic mass is 9.98. The zero-order valence-corrected chi connectivity index (χ0v) is 12.2. The first kappa shape index (κ1) is 15.0. The number of likely N-dealkylation sites (tertiary alicyclic amines) is 1. The fraction of sp³-hybridized carbons (Fsp3) is 0.538. The molecule has 6 nitrogen and oxygen atoms in total. The number of nitrogens with zero attached hydrogens (tertiary/aromatic N) is 2. The maximum atomic E-state index is 12.5. The molecule has 0 bridgehead atoms. The normalized spacial score (nSPS) is 18.9. The van der Waals surface area contributed by atoms with Crippen LogP contribution in [0.15, 0.2) is 12.1 Å². The summed E-state index contributed by atoms with van der Waals surface area (Å²) < 4.78 is 5.18. The molecule has 1 saturated heterocycles. The highest BCUT2D eigenvalue weighted by molar-refractivity contribution is 6.29. The average Bonchev–Trinajstić information content (AvgIpc) is 2.46. The number of aromatic nitrogens is 1. The number of rotatable bonds is 4. The number of ether oxygens (including phenoxy) is 1. The van der Waals surface area contributed by atoms with E-state index in [4.69, 9.17) is 22.2 Å². The summed E-state index contributed by atoms with van der Waals surface area (Å²) in [5.74, 6) is 6.04. The van der Waals surface area contributed by atoms with E-state index < -0.39 is 0 Å². The maximum absolute atomic E-state index is 12.5. The van der Waals surface area contributed by atoms with Crippen LogP contribution in [0.4, 0.5) is 5.82 Å². The van der Waals surface area contributed by atoms with E-state index in [1.54, 1.807) is 19.2 Å². The topological polar surface area (TPSA) is 80.5 Å². The smallest absolute Gasteiger partial charge is 0.254 e. The fourth-order valence-electron chi connectivity index (χ4n) is 2.50. The van der Waals surface area contributed by atoms with E-state index in [1.807, 2.05) is 4.90 Å². The van der Waals surface area contributed by atoms with Crippen molar-refractivity contribution in [3.63, 3.8) is 0 Å². The number of methoxy groups -OCH3 is 1. The van der Waals surface area contributed by atoms with Crippen molar-refractivity contribution in [3.05, 3.63) is 22.8 Å². The van der Waals surface area contributed by atoms with Gasteiger partial charge in [-0.1, -0.05) is 11.6 Å². The van der Waals surface area contributed by atoms with Gasteiger partial charge in [0.1, 0.15) is 11.0 Å². The predicted molar refractivity (Wildman–Crippen MR) is 77.6 cm³/mol. The van der Waals surface area contributed by atoms with Gasteiger partial charge in [-0.05, 0) is 30.9 Å². The summed E-state index contributed by atoms with van der Waals surface area (Å²) in [6.07, 6.45) is 2.07. The quantitative estimate of drug-likeness (QED) is 0.500. The lowest BCUT2D eigenvalue weighted by Gasteiger charge is -2.32. The number of carbonyl (C=O) groups excluding carboxylic acids is 1. The van der Waals surface area contributed by atoms with Crippen LogP contribution in [0.25, 0.3) is 0 Å². The second-order valence-corrected chi connectivity index (χ2v) is 5.31. The first-order valence-corrected chi connectivity index (χ1v) is 6.94. The highest BCUT2D eigenvalue weighted by atomic mass is 35.5. The Hall–Kier alpha value is -1.37. The Morgan fingerprint density at radius 1 is 1.65 bits per heavy atom. The molecule has 0 aliphatic carbocycles. The Bertz CT molecular complexity index is 481. The van der Waals surface area contributed by atoms with Crippen molar-refractivity contribution in [2.75, 3.05) is 32.2 Å². The zero-order chi connectivity index (χ0) is 14.5. The van der Waals surface area contributed by atoms with Crippen molar-refractivity contribution < 1.29 is 9.53 Å². The first-order valence-electron chi connectivity index (χ1n) is 6.56. The number of halogens is 1. The van der Waals surface area contributed by atoms with Gasteiger partial charge in [-0.3, -0.25) is 4.79 Å². The number of hydrazine groups is 1. The van der Waals surface area contributed by atoms with Gasteiger partial charge in [0, 0.05) is 25.8 Å². The van der Waals surface area contributed by atoms with Crippen LogP contribution in [0.5, 0.6) is 0 Å². The molecule has 0 saturated carbocycles. The molecule has 1 fully saturated rings. The van der Waals surface area contributed by atoms with Crippen LogP contribution in [-0.2, 0) is 4.74 Å². The molecule has 0 spiro atoms. The van der Waals surface area contributed by atoms with E-state index >= 15 is 0 Å². The SMILES string of the molecule is COCC1CCCN(C(=O)c2cc(Cl)nc(NN)c2)C1. The molecule has 1 aliphatic heterocycles. The van der Waals surface area contributed by atoms with Gasteiger partial charge in [0.05, 0.1) is 6.61 Å². The van der Waals surface area contributed by atoms with E-state index in [-0.39, 0.29) is 11.1 Å². The van der Waals surface area contributed by atoms with E-state index in [2.05, 4.69) is 10.4 Å². The van der Waals surface area contributed by atoms with Crippen LogP contribution >= 0.6 is 11.6 Å². The molecule has 1 amide bonds. The summed E-state index contributed by atoms with van der Waals surface area (Å²) in [7, 11) is 1.68. The minimum atomic E-state index is -0.0494. The second-order valence-electron chi connectivity index (χ2n) is 4.92. The van der Waals surface area contributed by atoms with Gasteiger partial charge in [-0.15, -0.1) is 0 Å². The van der Waals surface area contributed by atoms with Crippen LogP contribution in [0.1, 0.15) is 23.2 Å². The second kappa shape index (κ2) is 6.88. The molecule has 20 heavy (non-hydrogen) atoms. The number of carbonyl (C=O) groups is 1. The Kier molecular flexibility index (Phi) is 5.17. The van der Waals surface area contributed by atoms with Gasteiger partial charge in [0.25, 0.3) is 5.91 Å². The number of pyridine rings is 1. The van der Waals surface area contributed by atoms with Crippen LogP contribution < -0.4 is 11.3 Å². The average molecular weight is 299 g/mol. The van der Waals surface area contributed by atoms with Gasteiger partial charge in [0.2, 0.25) is 0 Å². The van der Waals surface area contributed by atoms with Gasteiger partial charge < -0.3 is 15.1 Å². The molecule has 1 aromatic rings. The Morgan fingerprint density at radius 3 is 3.15 bits per heavy atom. The van der Waals surface area contributed by atoms with E-state index in [9.17, 15) is 4.79 Å². The first-order chi connectivity index (χ1) is 9.63. The summed E-state index contributed by atoms with van der Waals surface area (Å²) in [6.45, 7) is 2.14. The van der Waals surface area contributed by atoms with Crippen molar-refractivity contribution in [3.8, 4) is 0 Å². The standard InChI is InChI=1S/C13H19ClN4O2/c1-20-8-9-3-2-4-18(7-9)13(19)10-5-11(14)16-12(6-10)17-15/h5-6,9H,2-4,7-8,15H2,1H3,(H,16,17). The van der Waals surface area contributed by atoms with Gasteiger partial charge >= 0.3 is 0 Å². The Morgan fingerprint density at radius 2 is 2.45 bits per heavy atom. The summed E-state index contributed by atoms with van der Waals surface area (Å²) >= 11 is 5.89. The van der Waals surface area contributed by atoms with Gasteiger partial charge in [0.15, 0.2) is 0 Å². The molecule has 7 heteroatoms. The minimum Gasteiger partial charge on any atom is -0.384 e. The van der Waals surface area contributed by atoms with Crippen LogP contribution in [0, 0.1) is 5.92 Å². The van der Waals surface area contributed by atoms with Crippen LogP contribution in [-0.4, -0.2) is 42.6 Å². The third kappa shape index (κ3) is 3.59. The number of nitrogen functional groups attached to an aromatic ring is 1. The summed E-state index contributed by atoms with van der Waals surface area (Å²) in [4.78, 5) is 18.3. The number of piperidine rings is 1. The monoisotopic (exact) mass is 298 g/mol. The van der Waals surface area contributed by atoms with Crippen LogP contribution in [0.2, 0.25) is 5.15 Å². The molecular weight excluding hydrogens is 280 g/mol. The summed E-state index contributed by atoms with van der Waals surface area (Å²) in [6, 6.07) is 3.17. The van der Waals surface area contributed by atoms with Gasteiger partial charge in [-0.25, -0.2) is 10.8 Å². The predicted octanol–water partition coefficient (Wildman–Crippen LogP) is 1.52. The number of nitrogens with two attached hydrogens (primary N) is 1. The molecule has 1 unspecified atom stereocenters. The highest BCUT2D eigenvalue weighted by Gasteiger charge is 2.25. The van der Waals surface area contributed by atoms with Crippen molar-refractivity contribution in [1.82, 2.24) is 9.88 Å². The highest BCUT2D eigenvalue weighted by Crippen LogP contribution is 2.21. The molecule has 1 aliphatic rings. The zero-order valence-electron chi connectivity index (χ0n) is 11.4. The Labute approximate surface area is 123 Å². The number of nitrogens with one attached hydrogen (secondary N) is 1. The van der Waals surface area contributed by atoms with E-state index in [0.29, 0.717) is 30.5 Å². The lowest BCUT2D eigenvalue weighted by molar-refractivity contribution is 0.0571. The lowest BCUT2D eigenvalue weighted by Crippen LogP contribution is -2.41. The molecule has 3 N–H and O–H groups in total. The third-order valence-corrected chi connectivity index (χ3v) is 3.59. The number of anilines is 1. The maximum Gasteiger partial charge on any atom is 0.254 e. The number of hydrogen-bond acceptors (Lipinski definition) is 5. The van der Waals surface area contributed by atoms with Crippen molar-refractivity contribution in [2.24, 2.45) is 11.8 Å². The summed E-state index contributed by atoms with van der Waals surface area (Å²) in [5, 5.41) is 0.245. The van der Waals surface area contributed by atoms with Gasteiger partial charge in [-0.2, -0.15) is 0 Å². The third-order valence-electron chi connectivity index (χ3n) is 3.40. The van der Waals surface area contributed by atoms with Crippen molar-refractivity contribution in [1.29, 1.82) is 0 Å².